The van der Waals surface area contributed by atoms with Crippen molar-refractivity contribution in [1.29, 1.82) is 0 Å². The molecular formula is C5H8BFN4OS. The summed E-state index contributed by atoms with van der Waals surface area (Å²) in [6.07, 6.45) is 0.927. The number of rotatable bonds is 2. The lowest BCUT2D eigenvalue weighted by Crippen LogP contribution is -2.19. The fourth-order valence-corrected chi connectivity index (χ4v) is 1.83. The van der Waals surface area contributed by atoms with Crippen molar-refractivity contribution < 1.29 is 8.60 Å². The van der Waals surface area contributed by atoms with E-state index in [0.29, 0.717) is 6.54 Å². The molecule has 0 aliphatic heterocycles. The number of halogens is 1. The summed E-state index contributed by atoms with van der Waals surface area (Å²) in [4.78, 5) is 0. The van der Waals surface area contributed by atoms with Gasteiger partial charge in [0.05, 0.1) is 6.20 Å². The summed E-state index contributed by atoms with van der Waals surface area (Å²) >= 11 is 0. The van der Waals surface area contributed by atoms with Crippen LogP contribution in [0.3, 0.4) is 0 Å². The highest BCUT2D eigenvalue weighted by molar-refractivity contribution is 7.91. The molecule has 0 fully saturated rings. The van der Waals surface area contributed by atoms with E-state index in [1.165, 1.54) is 0 Å². The second kappa shape index (κ2) is 3.47. The topological polar surface area (TPSA) is 73.3 Å². The van der Waals surface area contributed by atoms with E-state index < -0.39 is 15.7 Å². The highest BCUT2D eigenvalue weighted by Gasteiger charge is 2.17. The molecule has 2 N–H and O–H groups in total. The monoisotopic (exact) mass is 202 g/mol. The molecule has 13 heavy (non-hydrogen) atoms. The van der Waals surface area contributed by atoms with Crippen LogP contribution in [0.1, 0.15) is 6.92 Å². The highest BCUT2D eigenvalue weighted by atomic mass is 32.2. The number of nitrogens with two attached hydrogens (primary N) is 1. The lowest BCUT2D eigenvalue weighted by atomic mass is 10.5. The van der Waals surface area contributed by atoms with E-state index in [1.807, 2.05) is 0 Å². The van der Waals surface area contributed by atoms with Gasteiger partial charge in [-0.3, -0.25) is 8.96 Å². The molecule has 8 heteroatoms. The zero-order chi connectivity index (χ0) is 10.1. The van der Waals surface area contributed by atoms with E-state index in [0.717, 1.165) is 10.9 Å². The van der Waals surface area contributed by atoms with Crippen LogP contribution in [0, 0.1) is 5.82 Å². The maximum absolute atomic E-state index is 13.0. The molecule has 0 aromatic carbocycles. The molecule has 1 heterocycles. The van der Waals surface area contributed by atoms with Crippen molar-refractivity contribution in [3.05, 3.63) is 12.0 Å². The van der Waals surface area contributed by atoms with Gasteiger partial charge < -0.3 is 0 Å². The summed E-state index contributed by atoms with van der Waals surface area (Å²) < 4.78 is 28.5. The molecule has 0 spiro atoms. The summed E-state index contributed by atoms with van der Waals surface area (Å²) in [5.41, 5.74) is 0. The third kappa shape index (κ3) is 1.73. The number of hydrogen-bond donors (Lipinski definition) is 1. The maximum atomic E-state index is 13.0. The van der Waals surface area contributed by atoms with Gasteiger partial charge in [-0.15, -0.1) is 0 Å². The standard InChI is InChI=1S/C5H8BFN4OS/c1-2-11-5(4(7)3-9-11)13(8,12)10-6/h3H,2H2,1H3,(H2,8,10,12). The summed E-state index contributed by atoms with van der Waals surface area (Å²) in [5, 5.41) is 8.54. The molecule has 1 unspecified atom stereocenters. The van der Waals surface area contributed by atoms with Gasteiger partial charge in [-0.1, -0.05) is 0 Å². The molecule has 0 bridgehead atoms. The van der Waals surface area contributed by atoms with Crippen molar-refractivity contribution in [3.63, 3.8) is 0 Å². The molecule has 1 atom stereocenters. The Bertz CT molecular complexity index is 422. The molecule has 1 aromatic heterocycles. The largest absolute Gasteiger partial charge is 0.296 e. The first-order valence-corrected chi connectivity index (χ1v) is 5.06. The van der Waals surface area contributed by atoms with E-state index in [9.17, 15) is 8.60 Å². The normalized spacial score (nSPS) is 15.3. The van der Waals surface area contributed by atoms with Gasteiger partial charge in [0.15, 0.2) is 10.8 Å². The first-order chi connectivity index (χ1) is 6.03. The molecule has 0 saturated heterocycles. The van der Waals surface area contributed by atoms with Crippen molar-refractivity contribution in [3.8, 4) is 0 Å². The molecule has 2 radical (unpaired) electrons. The van der Waals surface area contributed by atoms with Gasteiger partial charge >= 0.3 is 0 Å². The predicted octanol–water partition coefficient (Wildman–Crippen LogP) is -0.174. The molecule has 0 aliphatic carbocycles. The van der Waals surface area contributed by atoms with E-state index in [2.05, 4.69) is 9.37 Å². The van der Waals surface area contributed by atoms with Gasteiger partial charge in [0.2, 0.25) is 0 Å². The third-order valence-electron chi connectivity index (χ3n) is 1.48. The third-order valence-corrected chi connectivity index (χ3v) is 2.76. The zero-order valence-electron chi connectivity index (χ0n) is 6.98. The van der Waals surface area contributed by atoms with Gasteiger partial charge in [0, 0.05) is 6.54 Å². The molecular weight excluding hydrogens is 194 g/mol. The number of aryl methyl sites for hydroxylation is 1. The van der Waals surface area contributed by atoms with Gasteiger partial charge in [0.25, 0.3) is 7.98 Å². The highest BCUT2D eigenvalue weighted by Crippen LogP contribution is 2.12. The SMILES string of the molecule is [B]N=S(N)(=O)c1c(F)cnn1CC. The Balaban J connectivity index is 3.44. The molecule has 0 amide bonds. The average molecular weight is 202 g/mol. The van der Waals surface area contributed by atoms with Gasteiger partial charge in [-0.25, -0.2) is 13.7 Å². The van der Waals surface area contributed by atoms with Crippen molar-refractivity contribution in [2.24, 2.45) is 9.41 Å². The van der Waals surface area contributed by atoms with Crippen LogP contribution < -0.4 is 5.14 Å². The smallest absolute Gasteiger partial charge is 0.276 e. The Hall–Kier alpha value is -0.885. The van der Waals surface area contributed by atoms with E-state index in [1.54, 1.807) is 6.92 Å². The average Bonchev–Trinajstić information content (AvgIpc) is 2.47. The van der Waals surface area contributed by atoms with Crippen LogP contribution >= 0.6 is 0 Å². The first-order valence-electron chi connectivity index (χ1n) is 3.48. The minimum Gasteiger partial charge on any atom is -0.296 e. The van der Waals surface area contributed by atoms with Crippen LogP contribution in [0.25, 0.3) is 0 Å². The molecule has 0 aliphatic rings. The van der Waals surface area contributed by atoms with E-state index in [4.69, 9.17) is 13.1 Å². The van der Waals surface area contributed by atoms with Crippen molar-refractivity contribution in [1.82, 2.24) is 9.78 Å². The van der Waals surface area contributed by atoms with Crippen LogP contribution in [-0.2, 0) is 16.5 Å². The Morgan fingerprint density at radius 1 is 1.92 bits per heavy atom. The first kappa shape index (κ1) is 10.2. The van der Waals surface area contributed by atoms with Crippen LogP contribution in [0.2, 0.25) is 0 Å². The van der Waals surface area contributed by atoms with E-state index >= 15 is 0 Å². The molecule has 1 aromatic rings. The van der Waals surface area contributed by atoms with Crippen LogP contribution in [0.15, 0.2) is 15.5 Å². The predicted molar refractivity (Wildman–Crippen MR) is 46.6 cm³/mol. The zero-order valence-corrected chi connectivity index (χ0v) is 7.79. The fraction of sp³-hybridized carbons (Fsp3) is 0.400. The van der Waals surface area contributed by atoms with Crippen LogP contribution in [-0.4, -0.2) is 22.0 Å². The fourth-order valence-electron chi connectivity index (χ4n) is 0.917. The van der Waals surface area contributed by atoms with Crippen molar-refractivity contribution in [2.45, 2.75) is 18.5 Å². The lowest BCUT2D eigenvalue weighted by Gasteiger charge is -2.05. The number of aromatic nitrogens is 2. The Kier molecular flexibility index (Phi) is 2.72. The maximum Gasteiger partial charge on any atom is 0.276 e. The molecule has 1 rings (SSSR count). The molecule has 70 valence electrons. The molecule has 0 saturated carbocycles. The summed E-state index contributed by atoms with van der Waals surface area (Å²) in [7, 11) is 1.46. The van der Waals surface area contributed by atoms with Gasteiger partial charge in [-0.2, -0.15) is 5.10 Å². The second-order valence-electron chi connectivity index (χ2n) is 2.29. The Labute approximate surface area is 76.9 Å². The Morgan fingerprint density at radius 3 is 3.00 bits per heavy atom. The van der Waals surface area contributed by atoms with Crippen LogP contribution in [0.5, 0.6) is 0 Å². The second-order valence-corrected chi connectivity index (χ2v) is 4.02. The molecule has 5 nitrogen and oxygen atoms in total. The minimum absolute atomic E-state index is 0.266. The summed E-state index contributed by atoms with van der Waals surface area (Å²) in [5.74, 6) is -0.761. The van der Waals surface area contributed by atoms with Crippen molar-refractivity contribution in [2.75, 3.05) is 0 Å². The van der Waals surface area contributed by atoms with Crippen LogP contribution in [0.4, 0.5) is 4.39 Å². The Morgan fingerprint density at radius 2 is 2.54 bits per heavy atom. The lowest BCUT2D eigenvalue weighted by molar-refractivity contribution is 0.540. The number of nitrogens with zero attached hydrogens (tertiary/aromatic N) is 3. The van der Waals surface area contributed by atoms with E-state index in [-0.39, 0.29) is 5.03 Å². The van der Waals surface area contributed by atoms with Gasteiger partial charge in [-0.05, 0) is 6.92 Å². The number of hydrogen-bond acceptors (Lipinski definition) is 3. The quantitative estimate of drug-likeness (QED) is 0.676. The summed E-state index contributed by atoms with van der Waals surface area (Å²) in [6.45, 7) is 2.06. The van der Waals surface area contributed by atoms with Crippen molar-refractivity contribution >= 4 is 17.9 Å². The summed E-state index contributed by atoms with van der Waals surface area (Å²) in [6, 6.07) is 0. The minimum atomic E-state index is -3.35. The van der Waals surface area contributed by atoms with Gasteiger partial charge in [0.1, 0.15) is 9.92 Å².